The van der Waals surface area contributed by atoms with E-state index in [4.69, 9.17) is 4.74 Å². The average molecular weight is 308 g/mol. The van der Waals surface area contributed by atoms with E-state index in [0.29, 0.717) is 31.7 Å². The van der Waals surface area contributed by atoms with Crippen LogP contribution < -0.4 is 5.32 Å². The van der Waals surface area contributed by atoms with Crippen molar-refractivity contribution in [2.45, 2.75) is 58.8 Å². The fraction of sp³-hybridized carbons (Fsp3) is 0.750. The molecule has 1 aliphatic rings. The highest BCUT2D eigenvalue weighted by Crippen LogP contribution is 2.12. The lowest BCUT2D eigenvalue weighted by atomic mass is 10.1. The fourth-order valence-electron chi connectivity index (χ4n) is 2.74. The normalized spacial score (nSPS) is 19.8. The van der Waals surface area contributed by atoms with Crippen molar-refractivity contribution in [1.29, 1.82) is 0 Å². The van der Waals surface area contributed by atoms with Gasteiger partial charge in [0.2, 0.25) is 5.91 Å². The molecule has 22 heavy (non-hydrogen) atoms. The van der Waals surface area contributed by atoms with Gasteiger partial charge >= 0.3 is 0 Å². The highest BCUT2D eigenvalue weighted by molar-refractivity contribution is 5.76. The second kappa shape index (κ2) is 7.74. The molecule has 124 valence electrons. The number of nitrogens with one attached hydrogen (secondary N) is 1. The first-order valence-electron chi connectivity index (χ1n) is 8.11. The number of ether oxygens (including phenoxy) is 1. The lowest BCUT2D eigenvalue weighted by molar-refractivity contribution is -0.126. The van der Waals surface area contributed by atoms with Crippen molar-refractivity contribution < 1.29 is 9.53 Å². The maximum absolute atomic E-state index is 12.1. The number of carbonyl (C=O) groups excluding carboxylic acids is 1. The van der Waals surface area contributed by atoms with Gasteiger partial charge in [-0.1, -0.05) is 0 Å². The van der Waals surface area contributed by atoms with Crippen molar-refractivity contribution in [2.24, 2.45) is 0 Å². The molecular formula is C16H28N4O2. The molecule has 6 heteroatoms. The van der Waals surface area contributed by atoms with Crippen molar-refractivity contribution in [2.75, 3.05) is 19.7 Å². The van der Waals surface area contributed by atoms with E-state index >= 15 is 0 Å². The summed E-state index contributed by atoms with van der Waals surface area (Å²) in [5, 5.41) is 2.95. The van der Waals surface area contributed by atoms with Gasteiger partial charge in [0.1, 0.15) is 5.82 Å². The lowest BCUT2D eigenvalue weighted by Gasteiger charge is -2.35. The number of imidazole rings is 1. The SMILES string of the molecule is CC(C)N1CCO[C@H](CC(=O)NCc2nccn2C(C)C)C1. The first-order chi connectivity index (χ1) is 10.5. The molecule has 1 aromatic rings. The summed E-state index contributed by atoms with van der Waals surface area (Å²) in [6, 6.07) is 0.837. The van der Waals surface area contributed by atoms with Gasteiger partial charge < -0.3 is 14.6 Å². The maximum atomic E-state index is 12.1. The Bertz CT molecular complexity index is 484. The summed E-state index contributed by atoms with van der Waals surface area (Å²) in [5.41, 5.74) is 0. The Morgan fingerprint density at radius 1 is 1.41 bits per heavy atom. The van der Waals surface area contributed by atoms with Crippen LogP contribution in [0.2, 0.25) is 0 Å². The zero-order valence-corrected chi connectivity index (χ0v) is 14.1. The standard InChI is InChI=1S/C16H28N4O2/c1-12(2)19-7-8-22-14(11-19)9-16(21)18-10-15-17-5-6-20(15)13(3)4/h5-6,12-14H,7-11H2,1-4H3,(H,18,21)/t14-/m1/s1. The zero-order chi connectivity index (χ0) is 16.1. The first kappa shape index (κ1) is 17.0. The van der Waals surface area contributed by atoms with Gasteiger partial charge in [-0.25, -0.2) is 4.98 Å². The summed E-state index contributed by atoms with van der Waals surface area (Å²) in [7, 11) is 0. The quantitative estimate of drug-likeness (QED) is 0.867. The van der Waals surface area contributed by atoms with Gasteiger partial charge in [0.25, 0.3) is 0 Å². The van der Waals surface area contributed by atoms with Gasteiger partial charge in [-0.3, -0.25) is 9.69 Å². The van der Waals surface area contributed by atoms with E-state index in [2.05, 4.69) is 47.5 Å². The van der Waals surface area contributed by atoms with Crippen LogP contribution >= 0.6 is 0 Å². The number of amides is 1. The third kappa shape index (κ3) is 4.55. The molecule has 0 unspecified atom stereocenters. The molecule has 0 radical (unpaired) electrons. The molecule has 1 aliphatic heterocycles. The Hall–Kier alpha value is -1.40. The molecule has 1 aromatic heterocycles. The van der Waals surface area contributed by atoms with E-state index in [-0.39, 0.29) is 12.0 Å². The minimum absolute atomic E-state index is 0.0130. The largest absolute Gasteiger partial charge is 0.375 e. The van der Waals surface area contributed by atoms with Crippen molar-refractivity contribution in [1.82, 2.24) is 19.8 Å². The van der Waals surface area contributed by atoms with Crippen LogP contribution in [-0.2, 0) is 16.1 Å². The summed E-state index contributed by atoms with van der Waals surface area (Å²) in [6.07, 6.45) is 4.11. The molecule has 2 heterocycles. The van der Waals surface area contributed by atoms with E-state index in [9.17, 15) is 4.79 Å². The van der Waals surface area contributed by atoms with E-state index < -0.39 is 0 Å². The fourth-order valence-corrected chi connectivity index (χ4v) is 2.74. The first-order valence-corrected chi connectivity index (χ1v) is 8.11. The lowest BCUT2D eigenvalue weighted by Crippen LogP contribution is -2.47. The van der Waals surface area contributed by atoms with Gasteiger partial charge in [-0.2, -0.15) is 0 Å². The molecule has 1 atom stereocenters. The molecule has 0 spiro atoms. The Labute approximate surface area is 132 Å². The summed E-state index contributed by atoms with van der Waals surface area (Å²) in [4.78, 5) is 18.8. The molecule has 6 nitrogen and oxygen atoms in total. The summed E-state index contributed by atoms with van der Waals surface area (Å²) in [5.74, 6) is 0.908. The molecule has 1 N–H and O–H groups in total. The average Bonchev–Trinajstić information content (AvgIpc) is 2.94. The predicted molar refractivity (Wildman–Crippen MR) is 85.5 cm³/mol. The van der Waals surface area contributed by atoms with Gasteiger partial charge in [0.15, 0.2) is 0 Å². The van der Waals surface area contributed by atoms with Crippen LogP contribution in [-0.4, -0.2) is 52.2 Å². The van der Waals surface area contributed by atoms with Crippen LogP contribution in [0, 0.1) is 0 Å². The van der Waals surface area contributed by atoms with E-state index in [1.165, 1.54) is 0 Å². The van der Waals surface area contributed by atoms with Crippen LogP contribution in [0.15, 0.2) is 12.4 Å². The number of carbonyl (C=O) groups is 1. The molecule has 1 amide bonds. The smallest absolute Gasteiger partial charge is 0.223 e. The molecule has 0 bridgehead atoms. The van der Waals surface area contributed by atoms with Gasteiger partial charge in [0, 0.05) is 37.6 Å². The van der Waals surface area contributed by atoms with Crippen molar-refractivity contribution in [3.8, 4) is 0 Å². The van der Waals surface area contributed by atoms with Crippen molar-refractivity contribution >= 4 is 5.91 Å². The van der Waals surface area contributed by atoms with E-state index in [0.717, 1.165) is 18.9 Å². The summed E-state index contributed by atoms with van der Waals surface area (Å²) >= 11 is 0. The third-order valence-corrected chi connectivity index (χ3v) is 4.06. The van der Waals surface area contributed by atoms with Crippen molar-refractivity contribution in [3.63, 3.8) is 0 Å². The minimum Gasteiger partial charge on any atom is -0.375 e. The number of nitrogens with zero attached hydrogens (tertiary/aromatic N) is 3. The van der Waals surface area contributed by atoms with Crippen LogP contribution in [0.5, 0.6) is 0 Å². The number of aromatic nitrogens is 2. The number of rotatable bonds is 6. The van der Waals surface area contributed by atoms with Gasteiger partial charge in [-0.15, -0.1) is 0 Å². The van der Waals surface area contributed by atoms with Crippen molar-refractivity contribution in [3.05, 3.63) is 18.2 Å². The van der Waals surface area contributed by atoms with Crippen LogP contribution in [0.1, 0.15) is 46.0 Å². The highest BCUT2D eigenvalue weighted by atomic mass is 16.5. The summed E-state index contributed by atoms with van der Waals surface area (Å²) < 4.78 is 7.77. The topological polar surface area (TPSA) is 59.4 Å². The van der Waals surface area contributed by atoms with Crippen LogP contribution in [0.4, 0.5) is 0 Å². The number of morpholine rings is 1. The molecule has 2 rings (SSSR count). The molecule has 0 saturated carbocycles. The Balaban J connectivity index is 1.79. The molecule has 1 fully saturated rings. The second-order valence-corrected chi connectivity index (χ2v) is 6.41. The maximum Gasteiger partial charge on any atom is 0.223 e. The Morgan fingerprint density at radius 3 is 2.86 bits per heavy atom. The van der Waals surface area contributed by atoms with Gasteiger partial charge in [0.05, 0.1) is 25.7 Å². The van der Waals surface area contributed by atoms with Crippen LogP contribution in [0.25, 0.3) is 0 Å². The van der Waals surface area contributed by atoms with Gasteiger partial charge in [-0.05, 0) is 27.7 Å². The Morgan fingerprint density at radius 2 is 2.18 bits per heavy atom. The minimum atomic E-state index is -0.0130. The molecule has 0 aliphatic carbocycles. The zero-order valence-electron chi connectivity index (χ0n) is 14.1. The molecule has 0 aromatic carbocycles. The number of hydrogen-bond acceptors (Lipinski definition) is 4. The summed E-state index contributed by atoms with van der Waals surface area (Å²) in [6.45, 7) is 11.5. The molecular weight excluding hydrogens is 280 g/mol. The second-order valence-electron chi connectivity index (χ2n) is 6.41. The highest BCUT2D eigenvalue weighted by Gasteiger charge is 2.24. The molecule has 1 saturated heterocycles. The Kier molecular flexibility index (Phi) is 5.97. The number of hydrogen-bond donors (Lipinski definition) is 1. The third-order valence-electron chi connectivity index (χ3n) is 4.06. The van der Waals surface area contributed by atoms with Crippen LogP contribution in [0.3, 0.4) is 0 Å². The predicted octanol–water partition coefficient (Wildman–Crippen LogP) is 1.58. The van der Waals surface area contributed by atoms with E-state index in [1.807, 2.05) is 6.20 Å². The van der Waals surface area contributed by atoms with E-state index in [1.54, 1.807) is 6.20 Å². The monoisotopic (exact) mass is 308 g/mol.